The summed E-state index contributed by atoms with van der Waals surface area (Å²) in [5.74, 6) is -0.870. The molecule has 1 aromatic heterocycles. The largest absolute Gasteiger partial charge is 0.481 e. The Bertz CT molecular complexity index is 296. The summed E-state index contributed by atoms with van der Waals surface area (Å²) in [7, 11) is 0. The third-order valence-corrected chi connectivity index (χ3v) is 1.91. The van der Waals surface area contributed by atoms with Gasteiger partial charge in [-0.3, -0.25) is 9.48 Å². The van der Waals surface area contributed by atoms with Crippen LogP contribution in [0.25, 0.3) is 0 Å². The van der Waals surface area contributed by atoms with E-state index < -0.39 is 5.97 Å². The molecule has 0 radical (unpaired) electrons. The monoisotopic (exact) mass is 197 g/mol. The van der Waals surface area contributed by atoms with Gasteiger partial charge in [0.2, 0.25) is 0 Å². The number of hydrogen-bond donors (Lipinski definition) is 1. The predicted octanol–water partition coefficient (Wildman–Crippen LogP) is 1.10. The molecule has 5 heteroatoms. The molecule has 78 valence electrons. The Morgan fingerprint density at radius 2 is 2.36 bits per heavy atom. The lowest BCUT2D eigenvalue weighted by molar-refractivity contribution is -0.136. The summed E-state index contributed by atoms with van der Waals surface area (Å²) in [6.45, 7) is 2.96. The molecule has 1 aromatic rings. The maximum atomic E-state index is 10.4. The zero-order chi connectivity index (χ0) is 10.4. The highest BCUT2D eigenvalue weighted by Crippen LogP contribution is 1.99. The number of rotatable bonds is 6. The third-order valence-electron chi connectivity index (χ3n) is 1.91. The number of carboxylic acid groups (broad SMARTS) is 1. The van der Waals surface area contributed by atoms with Crippen LogP contribution in [0.5, 0.6) is 0 Å². The molecule has 0 aliphatic rings. The van der Waals surface area contributed by atoms with E-state index in [1.165, 1.54) is 0 Å². The number of nitrogens with zero attached hydrogens (tertiary/aromatic N) is 3. The van der Waals surface area contributed by atoms with Crippen molar-refractivity contribution in [3.63, 3.8) is 0 Å². The Morgan fingerprint density at radius 1 is 1.57 bits per heavy atom. The van der Waals surface area contributed by atoms with Gasteiger partial charge in [0.1, 0.15) is 0 Å². The van der Waals surface area contributed by atoms with Crippen LogP contribution < -0.4 is 0 Å². The average Bonchev–Trinajstić information content (AvgIpc) is 2.52. The molecule has 0 aliphatic carbocycles. The molecule has 1 rings (SSSR count). The van der Waals surface area contributed by atoms with Crippen molar-refractivity contribution >= 4 is 5.97 Å². The molecule has 0 aliphatic heterocycles. The summed E-state index contributed by atoms with van der Waals surface area (Å²) < 4.78 is 1.70. The van der Waals surface area contributed by atoms with Crippen LogP contribution >= 0.6 is 0 Å². The standard InChI is InChI=1S/C9H15N3O2/c1-2-3-4-5-12-7-8(10-11-12)6-9(13)14/h7H,2-6H2,1H3,(H,13,14). The van der Waals surface area contributed by atoms with Gasteiger partial charge in [0, 0.05) is 12.7 Å². The van der Waals surface area contributed by atoms with Crippen LogP contribution in [-0.2, 0) is 17.8 Å². The maximum absolute atomic E-state index is 10.4. The summed E-state index contributed by atoms with van der Waals surface area (Å²) in [6, 6.07) is 0. The lowest BCUT2D eigenvalue weighted by atomic mass is 10.2. The van der Waals surface area contributed by atoms with Crippen molar-refractivity contribution in [2.24, 2.45) is 0 Å². The van der Waals surface area contributed by atoms with E-state index >= 15 is 0 Å². The van der Waals surface area contributed by atoms with Crippen molar-refractivity contribution < 1.29 is 9.90 Å². The van der Waals surface area contributed by atoms with Gasteiger partial charge in [-0.2, -0.15) is 0 Å². The fourth-order valence-corrected chi connectivity index (χ4v) is 1.21. The van der Waals surface area contributed by atoms with Crippen LogP contribution in [0.3, 0.4) is 0 Å². The fourth-order valence-electron chi connectivity index (χ4n) is 1.21. The Labute approximate surface area is 82.7 Å². The van der Waals surface area contributed by atoms with Crippen LogP contribution in [0.15, 0.2) is 6.20 Å². The highest BCUT2D eigenvalue weighted by molar-refractivity contribution is 5.69. The third kappa shape index (κ3) is 3.55. The minimum atomic E-state index is -0.870. The molecule has 1 heterocycles. The smallest absolute Gasteiger partial charge is 0.309 e. The second-order valence-electron chi connectivity index (χ2n) is 3.25. The molecular weight excluding hydrogens is 182 g/mol. The van der Waals surface area contributed by atoms with E-state index in [1.807, 2.05) is 0 Å². The molecule has 0 fully saturated rings. The van der Waals surface area contributed by atoms with E-state index in [2.05, 4.69) is 17.2 Å². The van der Waals surface area contributed by atoms with Gasteiger partial charge in [-0.15, -0.1) is 5.10 Å². The first-order chi connectivity index (χ1) is 6.72. The van der Waals surface area contributed by atoms with Crippen LogP contribution in [0, 0.1) is 0 Å². The Hall–Kier alpha value is -1.39. The number of carboxylic acids is 1. The van der Waals surface area contributed by atoms with Gasteiger partial charge >= 0.3 is 5.97 Å². The van der Waals surface area contributed by atoms with Gasteiger partial charge in [0.25, 0.3) is 0 Å². The van der Waals surface area contributed by atoms with Gasteiger partial charge in [-0.25, -0.2) is 0 Å². The van der Waals surface area contributed by atoms with Gasteiger partial charge in [0.15, 0.2) is 0 Å². The molecule has 1 N–H and O–H groups in total. The molecule has 0 saturated carbocycles. The summed E-state index contributed by atoms with van der Waals surface area (Å²) >= 11 is 0. The summed E-state index contributed by atoms with van der Waals surface area (Å²) in [4.78, 5) is 10.4. The number of aromatic nitrogens is 3. The van der Waals surface area contributed by atoms with Crippen molar-refractivity contribution in [1.82, 2.24) is 15.0 Å². The van der Waals surface area contributed by atoms with Gasteiger partial charge < -0.3 is 5.11 Å². The minimum Gasteiger partial charge on any atom is -0.481 e. The second kappa shape index (κ2) is 5.36. The molecule has 14 heavy (non-hydrogen) atoms. The zero-order valence-corrected chi connectivity index (χ0v) is 8.31. The normalized spacial score (nSPS) is 10.4. The van der Waals surface area contributed by atoms with Crippen LogP contribution in [0.4, 0.5) is 0 Å². The fraction of sp³-hybridized carbons (Fsp3) is 0.667. The lowest BCUT2D eigenvalue weighted by Crippen LogP contribution is -2.00. The molecule has 0 amide bonds. The molecule has 0 saturated heterocycles. The summed E-state index contributed by atoms with van der Waals surface area (Å²) in [5.41, 5.74) is 0.522. The Kier molecular flexibility index (Phi) is 4.10. The predicted molar refractivity (Wildman–Crippen MR) is 50.9 cm³/mol. The number of aliphatic carboxylic acids is 1. The van der Waals surface area contributed by atoms with E-state index in [0.717, 1.165) is 25.8 Å². The van der Waals surface area contributed by atoms with Crippen LogP contribution in [0.1, 0.15) is 31.9 Å². The Morgan fingerprint density at radius 3 is 3.00 bits per heavy atom. The number of aryl methyl sites for hydroxylation is 1. The number of unbranched alkanes of at least 4 members (excludes halogenated alkanes) is 2. The highest BCUT2D eigenvalue weighted by Gasteiger charge is 2.04. The van der Waals surface area contributed by atoms with Gasteiger partial charge in [-0.1, -0.05) is 25.0 Å². The molecular formula is C9H15N3O2. The molecule has 5 nitrogen and oxygen atoms in total. The molecule has 0 aromatic carbocycles. The molecule has 0 atom stereocenters. The van der Waals surface area contributed by atoms with Crippen LogP contribution in [0.2, 0.25) is 0 Å². The van der Waals surface area contributed by atoms with E-state index in [4.69, 9.17) is 5.11 Å². The second-order valence-corrected chi connectivity index (χ2v) is 3.25. The summed E-state index contributed by atoms with van der Waals surface area (Å²) in [5, 5.41) is 16.1. The first kappa shape index (κ1) is 10.7. The van der Waals surface area contributed by atoms with Gasteiger partial charge in [0.05, 0.1) is 12.1 Å². The van der Waals surface area contributed by atoms with E-state index in [-0.39, 0.29) is 6.42 Å². The van der Waals surface area contributed by atoms with Crippen molar-refractivity contribution in [3.05, 3.63) is 11.9 Å². The Balaban J connectivity index is 2.38. The van der Waals surface area contributed by atoms with E-state index in [9.17, 15) is 4.79 Å². The van der Waals surface area contributed by atoms with Crippen molar-refractivity contribution in [1.29, 1.82) is 0 Å². The maximum Gasteiger partial charge on any atom is 0.309 e. The van der Waals surface area contributed by atoms with E-state index in [1.54, 1.807) is 10.9 Å². The SMILES string of the molecule is CCCCCn1cc(CC(=O)O)nn1. The molecule has 0 bridgehead atoms. The first-order valence-corrected chi connectivity index (χ1v) is 4.83. The zero-order valence-electron chi connectivity index (χ0n) is 8.31. The van der Waals surface area contributed by atoms with Gasteiger partial charge in [-0.05, 0) is 6.42 Å². The minimum absolute atomic E-state index is 0.0478. The average molecular weight is 197 g/mol. The topological polar surface area (TPSA) is 68.0 Å². The number of hydrogen-bond acceptors (Lipinski definition) is 3. The lowest BCUT2D eigenvalue weighted by Gasteiger charge is -1.97. The summed E-state index contributed by atoms with van der Waals surface area (Å²) in [6.07, 6.45) is 5.04. The first-order valence-electron chi connectivity index (χ1n) is 4.83. The molecule has 0 unspecified atom stereocenters. The number of carbonyl (C=O) groups is 1. The van der Waals surface area contributed by atoms with Crippen molar-refractivity contribution in [2.45, 2.75) is 39.2 Å². The van der Waals surface area contributed by atoms with Crippen LogP contribution in [-0.4, -0.2) is 26.1 Å². The van der Waals surface area contributed by atoms with Crippen molar-refractivity contribution in [3.8, 4) is 0 Å². The highest BCUT2D eigenvalue weighted by atomic mass is 16.4. The van der Waals surface area contributed by atoms with E-state index in [0.29, 0.717) is 5.69 Å². The molecule has 0 spiro atoms. The van der Waals surface area contributed by atoms with Crippen molar-refractivity contribution in [2.75, 3.05) is 0 Å². The quantitative estimate of drug-likeness (QED) is 0.693.